The molecule has 0 aromatic rings. The summed E-state index contributed by atoms with van der Waals surface area (Å²) in [5.74, 6) is 0.645. The molecular weight excluding hydrogens is 263 g/mol. The maximum Gasteiger partial charge on any atom is 0.410 e. The van der Waals surface area contributed by atoms with Gasteiger partial charge in [-0.05, 0) is 20.8 Å². The normalized spacial score (nSPS) is 17.5. The maximum absolute atomic E-state index is 11.7. The Bertz CT molecular complexity index is 236. The van der Waals surface area contributed by atoms with Gasteiger partial charge in [0.2, 0.25) is 0 Å². The molecule has 0 atom stereocenters. The fourth-order valence-electron chi connectivity index (χ4n) is 1.60. The lowest BCUT2D eigenvalue weighted by Gasteiger charge is -2.35. The molecule has 17 heavy (non-hydrogen) atoms. The van der Waals surface area contributed by atoms with Gasteiger partial charge in [0.1, 0.15) is 5.60 Å². The van der Waals surface area contributed by atoms with Gasteiger partial charge in [-0.15, -0.1) is 24.0 Å². The molecule has 1 aliphatic heterocycles. The summed E-state index contributed by atoms with van der Waals surface area (Å²) in [6.07, 6.45) is -0.210. The van der Waals surface area contributed by atoms with Gasteiger partial charge in [0.05, 0.1) is 0 Å². The monoisotopic (exact) mass is 284 g/mol. The minimum atomic E-state index is -0.412. The molecule has 102 valence electrons. The number of ether oxygens (including phenoxy) is 1. The molecular formula is C11H22Cl2N2O2. The van der Waals surface area contributed by atoms with Crippen LogP contribution in [0, 0.1) is 0 Å². The predicted octanol–water partition coefficient (Wildman–Crippen LogP) is 2.20. The lowest BCUT2D eigenvalue weighted by Crippen LogP contribution is -2.50. The smallest absolute Gasteiger partial charge is 0.410 e. The summed E-state index contributed by atoms with van der Waals surface area (Å²) in [4.78, 5) is 15.8. The van der Waals surface area contributed by atoms with E-state index in [1.54, 1.807) is 4.90 Å². The van der Waals surface area contributed by atoms with Crippen molar-refractivity contribution in [1.29, 1.82) is 0 Å². The molecule has 0 saturated carbocycles. The minimum absolute atomic E-state index is 0. The van der Waals surface area contributed by atoms with Crippen LogP contribution in [0.5, 0.6) is 0 Å². The number of carbonyl (C=O) groups excluding carboxylic acids is 1. The third-order valence-electron chi connectivity index (χ3n) is 2.42. The zero-order valence-corrected chi connectivity index (χ0v) is 12.3. The summed E-state index contributed by atoms with van der Waals surface area (Å²) in [5, 5.41) is 0. The van der Waals surface area contributed by atoms with Gasteiger partial charge < -0.3 is 9.64 Å². The second kappa shape index (κ2) is 7.29. The van der Waals surface area contributed by atoms with Crippen LogP contribution in [0.3, 0.4) is 0 Å². The van der Waals surface area contributed by atoms with Crippen LogP contribution in [0.2, 0.25) is 0 Å². The van der Waals surface area contributed by atoms with Crippen molar-refractivity contribution in [3.8, 4) is 0 Å². The fourth-order valence-corrected chi connectivity index (χ4v) is 1.84. The largest absolute Gasteiger partial charge is 0.444 e. The molecule has 4 nitrogen and oxygen atoms in total. The van der Waals surface area contributed by atoms with Crippen LogP contribution in [0.4, 0.5) is 4.79 Å². The van der Waals surface area contributed by atoms with Gasteiger partial charge in [-0.25, -0.2) is 4.79 Å². The van der Waals surface area contributed by atoms with E-state index in [4.69, 9.17) is 16.3 Å². The summed E-state index contributed by atoms with van der Waals surface area (Å²) in [5.41, 5.74) is -0.412. The van der Waals surface area contributed by atoms with Crippen LogP contribution in [0.15, 0.2) is 0 Å². The molecule has 0 aromatic heterocycles. The van der Waals surface area contributed by atoms with E-state index in [1.165, 1.54) is 0 Å². The SMILES string of the molecule is CC(C)(C)OC(=O)N1CCN(CCCl)CC1.Cl. The molecule has 1 amide bonds. The molecule has 1 fully saturated rings. The van der Waals surface area contributed by atoms with E-state index in [1.807, 2.05) is 20.8 Å². The number of hydrogen-bond donors (Lipinski definition) is 0. The average Bonchev–Trinajstić information content (AvgIpc) is 2.16. The van der Waals surface area contributed by atoms with E-state index >= 15 is 0 Å². The molecule has 0 bridgehead atoms. The zero-order valence-electron chi connectivity index (χ0n) is 10.7. The first kappa shape index (κ1) is 16.8. The van der Waals surface area contributed by atoms with E-state index < -0.39 is 5.60 Å². The van der Waals surface area contributed by atoms with Crippen LogP contribution >= 0.6 is 24.0 Å². The van der Waals surface area contributed by atoms with Crippen LogP contribution in [0.25, 0.3) is 0 Å². The molecule has 0 aromatic carbocycles. The quantitative estimate of drug-likeness (QED) is 0.729. The van der Waals surface area contributed by atoms with Gasteiger partial charge >= 0.3 is 6.09 Å². The highest BCUT2D eigenvalue weighted by Gasteiger charge is 2.25. The van der Waals surface area contributed by atoms with Crippen LogP contribution in [0.1, 0.15) is 20.8 Å². The number of alkyl halides is 1. The highest BCUT2D eigenvalue weighted by atomic mass is 35.5. The summed E-state index contributed by atoms with van der Waals surface area (Å²) in [6, 6.07) is 0. The molecule has 1 aliphatic rings. The van der Waals surface area contributed by atoms with E-state index in [9.17, 15) is 4.79 Å². The Hall–Kier alpha value is -0.190. The molecule has 0 aliphatic carbocycles. The molecule has 0 radical (unpaired) electrons. The molecule has 1 heterocycles. The number of nitrogens with zero attached hydrogens (tertiary/aromatic N) is 2. The van der Waals surface area contributed by atoms with E-state index in [0.717, 1.165) is 32.7 Å². The van der Waals surface area contributed by atoms with E-state index in [-0.39, 0.29) is 18.5 Å². The standard InChI is InChI=1S/C11H21ClN2O2.ClH/c1-11(2,3)16-10(15)14-8-6-13(5-4-12)7-9-14;/h4-9H2,1-3H3;1H. The first-order valence-corrected chi connectivity index (χ1v) is 6.22. The lowest BCUT2D eigenvalue weighted by molar-refractivity contribution is 0.0150. The lowest BCUT2D eigenvalue weighted by atomic mass is 10.2. The number of halogens is 2. The topological polar surface area (TPSA) is 32.8 Å². The molecule has 0 spiro atoms. The molecule has 6 heteroatoms. The number of amides is 1. The Balaban J connectivity index is 0.00000256. The number of hydrogen-bond acceptors (Lipinski definition) is 3. The van der Waals surface area contributed by atoms with Crippen molar-refractivity contribution in [2.24, 2.45) is 0 Å². The predicted molar refractivity (Wildman–Crippen MR) is 72.2 cm³/mol. The van der Waals surface area contributed by atoms with Gasteiger partial charge in [-0.2, -0.15) is 0 Å². The second-order valence-corrected chi connectivity index (χ2v) is 5.38. The summed E-state index contributed by atoms with van der Waals surface area (Å²) < 4.78 is 5.31. The van der Waals surface area contributed by atoms with Gasteiger partial charge in [-0.3, -0.25) is 4.90 Å². The Morgan fingerprint density at radius 1 is 1.24 bits per heavy atom. The zero-order chi connectivity index (χ0) is 12.2. The van der Waals surface area contributed by atoms with Gasteiger partial charge in [-0.1, -0.05) is 0 Å². The third-order valence-corrected chi connectivity index (χ3v) is 2.59. The fraction of sp³-hybridized carbons (Fsp3) is 0.909. The molecule has 1 rings (SSSR count). The first-order chi connectivity index (χ1) is 7.42. The molecule has 0 unspecified atom stereocenters. The van der Waals surface area contributed by atoms with Crippen molar-refractivity contribution in [3.63, 3.8) is 0 Å². The summed E-state index contributed by atoms with van der Waals surface area (Å²) in [6.45, 7) is 9.76. The van der Waals surface area contributed by atoms with Crippen LogP contribution in [-0.2, 0) is 4.74 Å². The van der Waals surface area contributed by atoms with E-state index in [2.05, 4.69) is 4.90 Å². The Morgan fingerprint density at radius 2 is 1.76 bits per heavy atom. The summed E-state index contributed by atoms with van der Waals surface area (Å²) >= 11 is 5.67. The molecule has 1 saturated heterocycles. The second-order valence-electron chi connectivity index (χ2n) is 5.00. The van der Waals surface area contributed by atoms with Gasteiger partial charge in [0, 0.05) is 38.6 Å². The number of rotatable bonds is 2. The average molecular weight is 285 g/mol. The van der Waals surface area contributed by atoms with Crippen LogP contribution in [-0.4, -0.2) is 60.1 Å². The Labute approximate surface area is 115 Å². The van der Waals surface area contributed by atoms with Crippen molar-refractivity contribution >= 4 is 30.1 Å². The molecule has 0 N–H and O–H groups in total. The number of carbonyl (C=O) groups is 1. The van der Waals surface area contributed by atoms with E-state index in [0.29, 0.717) is 5.88 Å². The third kappa shape index (κ3) is 6.34. The van der Waals surface area contributed by atoms with Crippen molar-refractivity contribution in [2.75, 3.05) is 38.6 Å². The highest BCUT2D eigenvalue weighted by molar-refractivity contribution is 6.18. The van der Waals surface area contributed by atoms with Gasteiger partial charge in [0.25, 0.3) is 0 Å². The first-order valence-electron chi connectivity index (χ1n) is 5.68. The number of piperazine rings is 1. The Morgan fingerprint density at radius 3 is 2.18 bits per heavy atom. The summed E-state index contributed by atoms with van der Waals surface area (Å²) in [7, 11) is 0. The van der Waals surface area contributed by atoms with Crippen molar-refractivity contribution in [1.82, 2.24) is 9.80 Å². The Kier molecular flexibility index (Phi) is 7.21. The minimum Gasteiger partial charge on any atom is -0.444 e. The van der Waals surface area contributed by atoms with Crippen LogP contribution < -0.4 is 0 Å². The van der Waals surface area contributed by atoms with Gasteiger partial charge in [0.15, 0.2) is 0 Å². The van der Waals surface area contributed by atoms with Crippen molar-refractivity contribution in [3.05, 3.63) is 0 Å². The maximum atomic E-state index is 11.7. The van der Waals surface area contributed by atoms with Crippen molar-refractivity contribution in [2.45, 2.75) is 26.4 Å². The highest BCUT2D eigenvalue weighted by Crippen LogP contribution is 2.11. The van der Waals surface area contributed by atoms with Crippen molar-refractivity contribution < 1.29 is 9.53 Å².